The highest BCUT2D eigenvalue weighted by atomic mass is 32.2. The normalized spacial score (nSPS) is 11.9. The van der Waals surface area contributed by atoms with Gasteiger partial charge >= 0.3 is 0 Å². The van der Waals surface area contributed by atoms with Crippen LogP contribution in [0.4, 0.5) is 5.69 Å². The molecule has 0 aliphatic rings. The molecule has 0 atom stereocenters. The Labute approximate surface area is 167 Å². The molecule has 0 aromatic heterocycles. The maximum atomic E-state index is 12.3. The number of amides is 1. The molecule has 0 heterocycles. The molecule has 0 unspecified atom stereocenters. The predicted molar refractivity (Wildman–Crippen MR) is 112 cm³/mol. The summed E-state index contributed by atoms with van der Waals surface area (Å²) >= 11 is 0. The topological polar surface area (TPSA) is 84.5 Å². The monoisotopic (exact) mass is 404 g/mol. The van der Waals surface area contributed by atoms with Crippen LogP contribution in [-0.4, -0.2) is 32.7 Å². The lowest BCUT2D eigenvalue weighted by Gasteiger charge is -2.25. The lowest BCUT2D eigenvalue weighted by Crippen LogP contribution is -2.40. The van der Waals surface area contributed by atoms with E-state index >= 15 is 0 Å². The molecular weight excluding hydrogens is 376 g/mol. The fourth-order valence-corrected chi connectivity index (χ4v) is 3.64. The van der Waals surface area contributed by atoms with Gasteiger partial charge in [-0.05, 0) is 43.7 Å². The molecule has 7 heteroatoms. The Morgan fingerprint density at radius 1 is 1.04 bits per heavy atom. The fraction of sp³-hybridized carbons (Fsp3) is 0.381. The molecule has 0 saturated carbocycles. The summed E-state index contributed by atoms with van der Waals surface area (Å²) in [4.78, 5) is 12.2. The van der Waals surface area contributed by atoms with Gasteiger partial charge in [-0.25, -0.2) is 8.42 Å². The zero-order valence-corrected chi connectivity index (χ0v) is 17.5. The molecule has 152 valence electrons. The second-order valence-corrected chi connectivity index (χ2v) is 9.30. The minimum Gasteiger partial charge on any atom is -0.491 e. The summed E-state index contributed by atoms with van der Waals surface area (Å²) in [5, 5.41) is 2.72. The third-order valence-electron chi connectivity index (χ3n) is 4.10. The molecule has 0 aliphatic heterocycles. The van der Waals surface area contributed by atoms with Crippen LogP contribution in [0.25, 0.3) is 0 Å². The zero-order chi connectivity index (χ0) is 20.8. The van der Waals surface area contributed by atoms with Crippen LogP contribution in [0.1, 0.15) is 33.3 Å². The van der Waals surface area contributed by atoms with Crippen LogP contribution in [-0.2, 0) is 20.2 Å². The minimum absolute atomic E-state index is 0.0337. The number of hydrogen-bond donors (Lipinski definition) is 2. The third-order valence-corrected chi connectivity index (χ3v) is 5.29. The Morgan fingerprint density at radius 2 is 1.64 bits per heavy atom. The van der Waals surface area contributed by atoms with E-state index in [1.165, 1.54) is 0 Å². The molecule has 2 rings (SSSR count). The number of hydrogen-bond acceptors (Lipinski definition) is 4. The number of carbonyl (C=O) groups is 1. The number of sulfonamides is 1. The van der Waals surface area contributed by atoms with E-state index in [0.717, 1.165) is 5.56 Å². The maximum absolute atomic E-state index is 12.3. The Bertz CT molecular complexity index is 876. The summed E-state index contributed by atoms with van der Waals surface area (Å²) in [5.74, 6) is -0.530. The van der Waals surface area contributed by atoms with Gasteiger partial charge in [0, 0.05) is 17.6 Å². The van der Waals surface area contributed by atoms with E-state index in [1.807, 2.05) is 58.0 Å². The van der Waals surface area contributed by atoms with Crippen molar-refractivity contribution in [3.05, 3.63) is 60.2 Å². The van der Waals surface area contributed by atoms with E-state index in [9.17, 15) is 13.2 Å². The number of anilines is 1. The van der Waals surface area contributed by atoms with Crippen molar-refractivity contribution in [3.63, 3.8) is 0 Å². The molecule has 28 heavy (non-hydrogen) atoms. The third kappa shape index (κ3) is 6.88. The Balaban J connectivity index is 1.90. The summed E-state index contributed by atoms with van der Waals surface area (Å²) in [5.41, 5.74) is 1.15. The number of benzene rings is 2. The van der Waals surface area contributed by atoms with Gasteiger partial charge in [0.15, 0.2) is 0 Å². The average molecular weight is 405 g/mol. The molecule has 0 aliphatic carbocycles. The molecule has 0 radical (unpaired) electrons. The van der Waals surface area contributed by atoms with Gasteiger partial charge < -0.3 is 10.1 Å². The molecule has 6 nitrogen and oxygen atoms in total. The first-order valence-electron chi connectivity index (χ1n) is 9.17. The Morgan fingerprint density at radius 3 is 2.21 bits per heavy atom. The van der Waals surface area contributed by atoms with E-state index in [0.29, 0.717) is 18.0 Å². The SMILES string of the molecule is CC(C)Oc1ccc(NS(=O)(=O)CC(=O)NCC(C)(C)c2ccccc2)cc1. The van der Waals surface area contributed by atoms with Crippen molar-refractivity contribution in [2.24, 2.45) is 0 Å². The molecule has 1 amide bonds. The first kappa shape index (κ1) is 21.8. The van der Waals surface area contributed by atoms with Crippen LogP contribution in [0.2, 0.25) is 0 Å². The van der Waals surface area contributed by atoms with Gasteiger partial charge in [-0.3, -0.25) is 9.52 Å². The highest BCUT2D eigenvalue weighted by Gasteiger charge is 2.23. The predicted octanol–water partition coefficient (Wildman–Crippen LogP) is 3.31. The van der Waals surface area contributed by atoms with Crippen molar-refractivity contribution in [3.8, 4) is 5.75 Å². The fourth-order valence-electron chi connectivity index (χ4n) is 2.62. The second kappa shape index (κ2) is 9.10. The highest BCUT2D eigenvalue weighted by Crippen LogP contribution is 2.22. The number of ether oxygens (including phenoxy) is 1. The van der Waals surface area contributed by atoms with E-state index < -0.39 is 21.7 Å². The van der Waals surface area contributed by atoms with Crippen molar-refractivity contribution in [1.29, 1.82) is 0 Å². The maximum Gasteiger partial charge on any atom is 0.241 e. The van der Waals surface area contributed by atoms with E-state index in [1.54, 1.807) is 24.3 Å². The quantitative estimate of drug-likeness (QED) is 0.672. The first-order valence-corrected chi connectivity index (χ1v) is 10.8. The Kier molecular flexibility index (Phi) is 7.07. The smallest absolute Gasteiger partial charge is 0.241 e. The van der Waals surface area contributed by atoms with Gasteiger partial charge in [-0.2, -0.15) is 0 Å². The standard InChI is InChI=1S/C21H28N2O4S/c1-16(2)27-19-12-10-18(11-13-19)23-28(25,26)14-20(24)22-15-21(3,4)17-8-6-5-7-9-17/h5-13,16,23H,14-15H2,1-4H3,(H,22,24). The average Bonchev–Trinajstić information content (AvgIpc) is 2.61. The molecule has 2 N–H and O–H groups in total. The molecule has 0 fully saturated rings. The number of carbonyl (C=O) groups excluding carboxylic acids is 1. The van der Waals surface area contributed by atoms with Gasteiger partial charge in [-0.1, -0.05) is 44.2 Å². The Hall–Kier alpha value is -2.54. The van der Waals surface area contributed by atoms with Gasteiger partial charge in [0.1, 0.15) is 11.5 Å². The summed E-state index contributed by atoms with van der Waals surface area (Å²) in [6.07, 6.45) is 0.0337. The lowest BCUT2D eigenvalue weighted by molar-refractivity contribution is -0.118. The highest BCUT2D eigenvalue weighted by molar-refractivity contribution is 7.93. The summed E-state index contributed by atoms with van der Waals surface area (Å²) < 4.78 is 32.5. The molecular formula is C21H28N2O4S. The van der Waals surface area contributed by atoms with Gasteiger partial charge in [0.2, 0.25) is 15.9 Å². The summed E-state index contributed by atoms with van der Waals surface area (Å²) in [7, 11) is -3.80. The van der Waals surface area contributed by atoms with Crippen LogP contribution in [0, 0.1) is 0 Å². The van der Waals surface area contributed by atoms with Crippen LogP contribution in [0.3, 0.4) is 0 Å². The van der Waals surface area contributed by atoms with Crippen LogP contribution < -0.4 is 14.8 Å². The van der Waals surface area contributed by atoms with Crippen LogP contribution >= 0.6 is 0 Å². The van der Waals surface area contributed by atoms with E-state index in [-0.39, 0.29) is 11.5 Å². The van der Waals surface area contributed by atoms with E-state index in [4.69, 9.17) is 4.74 Å². The second-order valence-electron chi connectivity index (χ2n) is 7.58. The zero-order valence-electron chi connectivity index (χ0n) is 16.7. The van der Waals surface area contributed by atoms with Crippen molar-refractivity contribution in [2.45, 2.75) is 39.2 Å². The van der Waals surface area contributed by atoms with Crippen molar-refractivity contribution >= 4 is 21.6 Å². The first-order chi connectivity index (χ1) is 13.1. The minimum atomic E-state index is -3.80. The van der Waals surface area contributed by atoms with E-state index in [2.05, 4.69) is 10.0 Å². The summed E-state index contributed by atoms with van der Waals surface area (Å²) in [6.45, 7) is 8.15. The van der Waals surface area contributed by atoms with Gasteiger partial charge in [-0.15, -0.1) is 0 Å². The lowest BCUT2D eigenvalue weighted by atomic mass is 9.85. The largest absolute Gasteiger partial charge is 0.491 e. The number of rotatable bonds is 9. The van der Waals surface area contributed by atoms with Gasteiger partial charge in [0.05, 0.1) is 6.10 Å². The molecule has 0 bridgehead atoms. The molecule has 2 aromatic carbocycles. The van der Waals surface area contributed by atoms with Crippen molar-refractivity contribution in [1.82, 2.24) is 5.32 Å². The molecule has 2 aromatic rings. The van der Waals surface area contributed by atoms with Crippen molar-refractivity contribution in [2.75, 3.05) is 17.0 Å². The molecule has 0 saturated heterocycles. The van der Waals surface area contributed by atoms with Crippen molar-refractivity contribution < 1.29 is 17.9 Å². The summed E-state index contributed by atoms with van der Waals surface area (Å²) in [6, 6.07) is 16.3. The van der Waals surface area contributed by atoms with Gasteiger partial charge in [0.25, 0.3) is 0 Å². The molecule has 0 spiro atoms. The number of nitrogens with one attached hydrogen (secondary N) is 2. The van der Waals surface area contributed by atoms with Crippen LogP contribution in [0.15, 0.2) is 54.6 Å². The van der Waals surface area contributed by atoms with Crippen LogP contribution in [0.5, 0.6) is 5.75 Å².